The zero-order chi connectivity index (χ0) is 14.9. The van der Waals surface area contributed by atoms with Crippen molar-refractivity contribution in [2.75, 3.05) is 13.2 Å². The molecule has 0 aliphatic heterocycles. The number of benzene rings is 1. The average Bonchev–Trinajstić information content (AvgIpc) is 2.91. The van der Waals surface area contributed by atoms with Crippen molar-refractivity contribution in [3.05, 3.63) is 46.4 Å². The summed E-state index contributed by atoms with van der Waals surface area (Å²) >= 11 is 1.75. The average molecular weight is 304 g/mol. The molecule has 0 aliphatic carbocycles. The summed E-state index contributed by atoms with van der Waals surface area (Å²) in [4.78, 5) is 4.56. The van der Waals surface area contributed by atoms with Crippen LogP contribution in [0.3, 0.4) is 0 Å². The molecular weight excluding hydrogens is 280 g/mol. The molecular formula is C17H24N2OS. The van der Waals surface area contributed by atoms with E-state index in [1.807, 2.05) is 37.3 Å². The molecule has 0 amide bonds. The molecule has 1 heterocycles. The van der Waals surface area contributed by atoms with Gasteiger partial charge in [-0.2, -0.15) is 0 Å². The molecule has 1 aromatic carbocycles. The van der Waals surface area contributed by atoms with Gasteiger partial charge in [-0.05, 0) is 38.4 Å². The van der Waals surface area contributed by atoms with Crippen LogP contribution in [0.1, 0.15) is 30.5 Å². The van der Waals surface area contributed by atoms with Gasteiger partial charge < -0.3 is 10.1 Å². The summed E-state index contributed by atoms with van der Waals surface area (Å²) < 4.78 is 5.80. The second kappa shape index (κ2) is 8.80. The van der Waals surface area contributed by atoms with Crippen LogP contribution in [0, 0.1) is 6.92 Å². The molecule has 1 N–H and O–H groups in total. The summed E-state index contributed by atoms with van der Waals surface area (Å²) in [6.45, 7) is 6.02. The number of aryl methyl sites for hydroxylation is 1. The van der Waals surface area contributed by atoms with E-state index in [4.69, 9.17) is 4.74 Å². The van der Waals surface area contributed by atoms with E-state index in [0.29, 0.717) is 6.04 Å². The molecule has 0 radical (unpaired) electrons. The van der Waals surface area contributed by atoms with Gasteiger partial charge in [-0.3, -0.25) is 0 Å². The molecule has 0 saturated heterocycles. The van der Waals surface area contributed by atoms with Crippen LogP contribution in [0.5, 0.6) is 5.75 Å². The lowest BCUT2D eigenvalue weighted by molar-refractivity contribution is 0.284. The number of thiazole rings is 1. The maximum Gasteiger partial charge on any atom is 0.119 e. The van der Waals surface area contributed by atoms with Gasteiger partial charge >= 0.3 is 0 Å². The van der Waals surface area contributed by atoms with Crippen LogP contribution in [0.25, 0.3) is 0 Å². The van der Waals surface area contributed by atoms with Crippen LogP contribution in [0.15, 0.2) is 35.7 Å². The maximum absolute atomic E-state index is 5.80. The number of nitrogens with zero attached hydrogens (tertiary/aromatic N) is 1. The largest absolute Gasteiger partial charge is 0.494 e. The number of ether oxygens (including phenoxy) is 1. The van der Waals surface area contributed by atoms with Gasteiger partial charge in [0.2, 0.25) is 0 Å². The van der Waals surface area contributed by atoms with Crippen LogP contribution in [-0.4, -0.2) is 24.2 Å². The number of nitrogens with one attached hydrogen (secondary N) is 1. The summed E-state index contributed by atoms with van der Waals surface area (Å²) in [5.74, 6) is 0.942. The predicted molar refractivity (Wildman–Crippen MR) is 89.2 cm³/mol. The van der Waals surface area contributed by atoms with Crippen LogP contribution in [-0.2, 0) is 6.42 Å². The van der Waals surface area contributed by atoms with E-state index in [2.05, 4.69) is 22.6 Å². The Labute approximate surface area is 131 Å². The van der Waals surface area contributed by atoms with Crippen LogP contribution in [0.2, 0.25) is 0 Å². The first-order valence-corrected chi connectivity index (χ1v) is 8.48. The van der Waals surface area contributed by atoms with E-state index in [-0.39, 0.29) is 0 Å². The molecule has 114 valence electrons. The monoisotopic (exact) mass is 304 g/mol. The summed E-state index contributed by atoms with van der Waals surface area (Å²) in [7, 11) is 0. The molecule has 2 aromatic rings. The van der Waals surface area contributed by atoms with E-state index in [1.165, 1.54) is 5.01 Å². The van der Waals surface area contributed by atoms with Gasteiger partial charge in [-0.1, -0.05) is 25.1 Å². The first kappa shape index (κ1) is 16.0. The highest BCUT2D eigenvalue weighted by atomic mass is 32.1. The highest BCUT2D eigenvalue weighted by Crippen LogP contribution is 2.14. The van der Waals surface area contributed by atoms with E-state index in [9.17, 15) is 0 Å². The van der Waals surface area contributed by atoms with Gasteiger partial charge in [-0.15, -0.1) is 11.3 Å². The second-order valence-electron chi connectivity index (χ2n) is 5.19. The summed E-state index contributed by atoms with van der Waals surface area (Å²) in [6.07, 6.45) is 3.12. The zero-order valence-electron chi connectivity index (χ0n) is 12.8. The van der Waals surface area contributed by atoms with E-state index in [1.54, 1.807) is 11.3 Å². The fourth-order valence-corrected chi connectivity index (χ4v) is 3.02. The van der Waals surface area contributed by atoms with Crippen molar-refractivity contribution >= 4 is 11.3 Å². The fraction of sp³-hybridized carbons (Fsp3) is 0.471. The third-order valence-electron chi connectivity index (χ3n) is 3.25. The number of aromatic nitrogens is 1. The highest BCUT2D eigenvalue weighted by Gasteiger charge is 2.11. The Hall–Kier alpha value is -1.39. The van der Waals surface area contributed by atoms with E-state index < -0.39 is 0 Å². The number of hydrogen-bond acceptors (Lipinski definition) is 4. The molecule has 0 aliphatic rings. The molecule has 3 nitrogen and oxygen atoms in total. The van der Waals surface area contributed by atoms with Crippen LogP contribution >= 0.6 is 11.3 Å². The van der Waals surface area contributed by atoms with E-state index >= 15 is 0 Å². The lowest BCUT2D eigenvalue weighted by atomic mass is 10.1. The third-order valence-corrected chi connectivity index (χ3v) is 4.24. The number of hydrogen-bond donors (Lipinski definition) is 1. The number of rotatable bonds is 9. The van der Waals surface area contributed by atoms with Crippen molar-refractivity contribution in [1.29, 1.82) is 0 Å². The van der Waals surface area contributed by atoms with Gasteiger partial charge in [0.25, 0.3) is 0 Å². The summed E-state index contributed by atoms with van der Waals surface area (Å²) in [5, 5.41) is 6.93. The molecule has 1 unspecified atom stereocenters. The minimum atomic E-state index is 0.430. The Kier molecular flexibility index (Phi) is 6.70. The smallest absolute Gasteiger partial charge is 0.119 e. The van der Waals surface area contributed by atoms with Crippen molar-refractivity contribution in [1.82, 2.24) is 10.3 Å². The van der Waals surface area contributed by atoms with Crippen molar-refractivity contribution in [2.45, 2.75) is 39.2 Å². The first-order valence-electron chi connectivity index (χ1n) is 7.60. The highest BCUT2D eigenvalue weighted by molar-refractivity contribution is 7.09. The van der Waals surface area contributed by atoms with Gasteiger partial charge in [0.1, 0.15) is 5.75 Å². The fourth-order valence-electron chi connectivity index (χ4n) is 2.17. The Bertz CT molecular complexity index is 513. The summed E-state index contributed by atoms with van der Waals surface area (Å²) in [5.41, 5.74) is 1.12. The molecule has 0 bridgehead atoms. The van der Waals surface area contributed by atoms with Gasteiger partial charge in [-0.25, -0.2) is 4.98 Å². The topological polar surface area (TPSA) is 34.1 Å². The van der Waals surface area contributed by atoms with E-state index in [0.717, 1.165) is 43.9 Å². The van der Waals surface area contributed by atoms with Crippen molar-refractivity contribution in [2.24, 2.45) is 0 Å². The standard InChI is InChI=1S/C17H24N2OS/c1-3-10-18-15(12-17-19-14(2)13-21-17)9-11-20-16-7-5-4-6-8-16/h4-8,13,15,18H,3,9-12H2,1-2H3. The predicted octanol–water partition coefficient (Wildman–Crippen LogP) is 3.83. The number of para-hydroxylation sites is 1. The Balaban J connectivity index is 1.81. The lowest BCUT2D eigenvalue weighted by Crippen LogP contribution is -2.33. The molecule has 0 spiro atoms. The first-order chi connectivity index (χ1) is 10.3. The van der Waals surface area contributed by atoms with Crippen LogP contribution < -0.4 is 10.1 Å². The minimum Gasteiger partial charge on any atom is -0.494 e. The van der Waals surface area contributed by atoms with Crippen LogP contribution in [0.4, 0.5) is 0 Å². The van der Waals surface area contributed by atoms with Crippen molar-refractivity contribution in [3.8, 4) is 5.75 Å². The third kappa shape index (κ3) is 5.86. The SMILES string of the molecule is CCCNC(CCOc1ccccc1)Cc1nc(C)cs1. The van der Waals surface area contributed by atoms with Crippen molar-refractivity contribution < 1.29 is 4.74 Å². The summed E-state index contributed by atoms with van der Waals surface area (Å²) in [6, 6.07) is 10.4. The molecule has 1 atom stereocenters. The lowest BCUT2D eigenvalue weighted by Gasteiger charge is -2.17. The Morgan fingerprint density at radius 2 is 2.10 bits per heavy atom. The molecule has 0 saturated carbocycles. The normalized spacial score (nSPS) is 12.3. The van der Waals surface area contributed by atoms with Gasteiger partial charge in [0.05, 0.1) is 11.6 Å². The molecule has 1 aromatic heterocycles. The maximum atomic E-state index is 5.80. The van der Waals surface area contributed by atoms with Gasteiger partial charge in [0, 0.05) is 23.5 Å². The molecule has 0 fully saturated rings. The molecule has 2 rings (SSSR count). The Morgan fingerprint density at radius 1 is 1.29 bits per heavy atom. The minimum absolute atomic E-state index is 0.430. The zero-order valence-corrected chi connectivity index (χ0v) is 13.7. The Morgan fingerprint density at radius 3 is 2.76 bits per heavy atom. The quantitative estimate of drug-likeness (QED) is 0.764. The molecule has 4 heteroatoms. The van der Waals surface area contributed by atoms with Gasteiger partial charge in [0.15, 0.2) is 0 Å². The molecule has 21 heavy (non-hydrogen) atoms. The van der Waals surface area contributed by atoms with Crippen molar-refractivity contribution in [3.63, 3.8) is 0 Å². The second-order valence-corrected chi connectivity index (χ2v) is 6.13.